The molecule has 8 heteroatoms. The lowest BCUT2D eigenvalue weighted by Gasteiger charge is -2.13. The first-order chi connectivity index (χ1) is 17.8. The highest BCUT2D eigenvalue weighted by Gasteiger charge is 2.25. The van der Waals surface area contributed by atoms with Crippen LogP contribution in [0, 0.1) is 17.2 Å². The zero-order valence-corrected chi connectivity index (χ0v) is 22.0. The van der Waals surface area contributed by atoms with Gasteiger partial charge in [-0.2, -0.15) is 5.26 Å². The van der Waals surface area contributed by atoms with Gasteiger partial charge < -0.3 is 14.8 Å². The number of hydrogen-bond acceptors (Lipinski definition) is 5. The van der Waals surface area contributed by atoms with E-state index in [9.17, 15) is 20.0 Å². The van der Waals surface area contributed by atoms with Gasteiger partial charge in [0.05, 0.1) is 5.56 Å². The SMILES string of the molecule is CC(CC(=O)O)CC(=O)c1c(CCCCCCc2cccc(Cl)c2)n(CCCO)c2ncc(C#N)cc12. The number of carboxylic acid groups (broad SMARTS) is 1. The number of aryl methyl sites for hydroxylation is 2. The molecule has 0 aliphatic rings. The van der Waals surface area contributed by atoms with Crippen LogP contribution in [-0.2, 0) is 24.2 Å². The third-order valence-corrected chi connectivity index (χ3v) is 6.76. The van der Waals surface area contributed by atoms with Crippen molar-refractivity contribution in [3.63, 3.8) is 0 Å². The summed E-state index contributed by atoms with van der Waals surface area (Å²) in [5, 5.41) is 29.4. The molecule has 1 aromatic carbocycles. The number of rotatable bonds is 15. The number of fused-ring (bicyclic) bond motifs is 1. The minimum absolute atomic E-state index is 0.0117. The Labute approximate surface area is 222 Å². The van der Waals surface area contributed by atoms with Crippen LogP contribution in [0.3, 0.4) is 0 Å². The molecule has 2 heterocycles. The van der Waals surface area contributed by atoms with Gasteiger partial charge in [-0.05, 0) is 61.8 Å². The van der Waals surface area contributed by atoms with Crippen molar-refractivity contribution in [2.45, 2.75) is 71.3 Å². The number of aliphatic hydroxyl groups is 1. The van der Waals surface area contributed by atoms with E-state index >= 15 is 0 Å². The van der Waals surface area contributed by atoms with Gasteiger partial charge in [0.15, 0.2) is 5.78 Å². The maximum Gasteiger partial charge on any atom is 0.303 e. The maximum atomic E-state index is 13.5. The predicted octanol–water partition coefficient (Wildman–Crippen LogP) is 5.97. The van der Waals surface area contributed by atoms with Crippen molar-refractivity contribution in [1.29, 1.82) is 5.26 Å². The van der Waals surface area contributed by atoms with Gasteiger partial charge in [-0.15, -0.1) is 0 Å². The molecule has 0 saturated carbocycles. The number of benzene rings is 1. The molecule has 196 valence electrons. The van der Waals surface area contributed by atoms with E-state index in [0.29, 0.717) is 41.5 Å². The normalized spacial score (nSPS) is 11.9. The van der Waals surface area contributed by atoms with Gasteiger partial charge in [-0.25, -0.2) is 4.98 Å². The van der Waals surface area contributed by atoms with Crippen molar-refractivity contribution in [3.05, 3.63) is 63.9 Å². The molecule has 0 saturated heterocycles. The molecule has 2 N–H and O–H groups in total. The third-order valence-electron chi connectivity index (χ3n) is 6.53. The fourth-order valence-electron chi connectivity index (χ4n) is 4.83. The Bertz CT molecular complexity index is 1280. The molecule has 1 unspecified atom stereocenters. The Morgan fingerprint density at radius 3 is 2.54 bits per heavy atom. The number of hydrogen-bond donors (Lipinski definition) is 2. The van der Waals surface area contributed by atoms with Gasteiger partial charge >= 0.3 is 5.97 Å². The summed E-state index contributed by atoms with van der Waals surface area (Å²) in [6, 6.07) is 11.7. The zero-order valence-electron chi connectivity index (χ0n) is 21.3. The summed E-state index contributed by atoms with van der Waals surface area (Å²) in [6.45, 7) is 2.28. The molecule has 0 spiro atoms. The van der Waals surface area contributed by atoms with Crippen LogP contribution in [-0.4, -0.2) is 38.1 Å². The molecule has 1 atom stereocenters. The molecule has 0 fully saturated rings. The van der Waals surface area contributed by atoms with E-state index in [2.05, 4.69) is 17.1 Å². The second kappa shape index (κ2) is 13.9. The van der Waals surface area contributed by atoms with Crippen LogP contribution < -0.4 is 0 Å². The lowest BCUT2D eigenvalue weighted by molar-refractivity contribution is -0.137. The number of aliphatic hydroxyl groups excluding tert-OH is 1. The van der Waals surface area contributed by atoms with E-state index in [1.165, 1.54) is 11.8 Å². The van der Waals surface area contributed by atoms with Crippen molar-refractivity contribution in [3.8, 4) is 6.07 Å². The largest absolute Gasteiger partial charge is 0.481 e. The topological polar surface area (TPSA) is 116 Å². The van der Waals surface area contributed by atoms with Crippen molar-refractivity contribution in [2.24, 2.45) is 5.92 Å². The number of carbonyl (C=O) groups is 2. The number of unbranched alkanes of at least 4 members (excludes halogenated alkanes) is 3. The molecule has 0 bridgehead atoms. The highest BCUT2D eigenvalue weighted by atomic mass is 35.5. The molecule has 0 amide bonds. The smallest absolute Gasteiger partial charge is 0.303 e. The monoisotopic (exact) mass is 523 g/mol. The maximum absolute atomic E-state index is 13.5. The van der Waals surface area contributed by atoms with Gasteiger partial charge in [-0.3, -0.25) is 9.59 Å². The standard InChI is InChI=1S/C29H34ClN3O4/c1-20(15-27(36)37)14-26(35)28-24-17-22(18-31)19-32-29(24)33(12-7-13-34)25(28)11-5-3-2-4-8-21-9-6-10-23(30)16-21/h6,9-10,16-17,19-20,34H,2-5,7-8,11-15H2,1H3,(H,36,37). The Balaban J connectivity index is 1.81. The molecule has 0 aliphatic carbocycles. The summed E-state index contributed by atoms with van der Waals surface area (Å²) in [5.41, 5.74) is 3.60. The Hall–Kier alpha value is -3.21. The molecule has 7 nitrogen and oxygen atoms in total. The number of carboxylic acids is 1. The summed E-state index contributed by atoms with van der Waals surface area (Å²) in [7, 11) is 0. The van der Waals surface area contributed by atoms with E-state index < -0.39 is 5.97 Å². The summed E-state index contributed by atoms with van der Waals surface area (Å²) >= 11 is 6.08. The number of Topliss-reactive ketones (excluding diaryl/α,β-unsaturated/α-hetero) is 1. The third kappa shape index (κ3) is 7.88. The van der Waals surface area contributed by atoms with Gasteiger partial charge in [0.1, 0.15) is 11.7 Å². The van der Waals surface area contributed by atoms with Crippen molar-refractivity contribution in [2.75, 3.05) is 6.61 Å². The molecule has 3 rings (SSSR count). The number of pyridine rings is 1. The highest BCUT2D eigenvalue weighted by Crippen LogP contribution is 2.30. The Morgan fingerprint density at radius 2 is 1.86 bits per heavy atom. The van der Waals surface area contributed by atoms with E-state index in [1.807, 2.05) is 22.8 Å². The first kappa shape index (κ1) is 28.4. The molecular formula is C29H34ClN3O4. The van der Waals surface area contributed by atoms with Crippen molar-refractivity contribution in [1.82, 2.24) is 9.55 Å². The zero-order chi connectivity index (χ0) is 26.8. The van der Waals surface area contributed by atoms with E-state index in [0.717, 1.165) is 42.8 Å². The fraction of sp³-hybridized carbons (Fsp3) is 0.448. The van der Waals surface area contributed by atoms with Crippen LogP contribution in [0.1, 0.15) is 79.0 Å². The van der Waals surface area contributed by atoms with Gasteiger partial charge in [-0.1, -0.05) is 43.5 Å². The van der Waals surface area contributed by atoms with E-state index in [4.69, 9.17) is 16.7 Å². The van der Waals surface area contributed by atoms with Crippen LogP contribution in [0.2, 0.25) is 5.02 Å². The number of halogens is 1. The number of aliphatic carboxylic acids is 1. The summed E-state index contributed by atoms with van der Waals surface area (Å²) in [6.07, 6.45) is 7.60. The van der Waals surface area contributed by atoms with Gasteiger partial charge in [0.25, 0.3) is 0 Å². The molecule has 37 heavy (non-hydrogen) atoms. The molecule has 0 radical (unpaired) electrons. The minimum Gasteiger partial charge on any atom is -0.481 e. The summed E-state index contributed by atoms with van der Waals surface area (Å²) in [5.74, 6) is -1.38. The quantitative estimate of drug-likeness (QED) is 0.187. The lowest BCUT2D eigenvalue weighted by Crippen LogP contribution is -2.13. The summed E-state index contributed by atoms with van der Waals surface area (Å²) < 4.78 is 1.99. The number of aromatic nitrogens is 2. The number of nitrogens with zero attached hydrogens (tertiary/aromatic N) is 3. The number of nitriles is 1. The number of carbonyl (C=O) groups excluding carboxylic acids is 1. The minimum atomic E-state index is -0.933. The molecule has 3 aromatic rings. The molecule has 0 aliphatic heterocycles. The molecular weight excluding hydrogens is 490 g/mol. The fourth-order valence-corrected chi connectivity index (χ4v) is 5.05. The van der Waals surface area contributed by atoms with Crippen LogP contribution in [0.5, 0.6) is 0 Å². The first-order valence-corrected chi connectivity index (χ1v) is 13.2. The lowest BCUT2D eigenvalue weighted by atomic mass is 9.94. The molecule has 2 aromatic heterocycles. The van der Waals surface area contributed by atoms with Gasteiger partial charge in [0.2, 0.25) is 0 Å². The van der Waals surface area contributed by atoms with E-state index in [-0.39, 0.29) is 31.1 Å². The van der Waals surface area contributed by atoms with Crippen LogP contribution in [0.4, 0.5) is 0 Å². The number of ketones is 1. The van der Waals surface area contributed by atoms with Crippen molar-refractivity contribution >= 4 is 34.4 Å². The summed E-state index contributed by atoms with van der Waals surface area (Å²) in [4.78, 5) is 29.2. The van der Waals surface area contributed by atoms with Gasteiger partial charge in [0, 0.05) is 53.9 Å². The van der Waals surface area contributed by atoms with Crippen LogP contribution in [0.15, 0.2) is 36.5 Å². The van der Waals surface area contributed by atoms with E-state index in [1.54, 1.807) is 13.0 Å². The van der Waals surface area contributed by atoms with Crippen LogP contribution >= 0.6 is 11.6 Å². The first-order valence-electron chi connectivity index (χ1n) is 12.9. The Kier molecular flexibility index (Phi) is 10.7. The Morgan fingerprint density at radius 1 is 1.11 bits per heavy atom. The van der Waals surface area contributed by atoms with Crippen LogP contribution in [0.25, 0.3) is 11.0 Å². The average molecular weight is 524 g/mol. The highest BCUT2D eigenvalue weighted by molar-refractivity contribution is 6.30. The second-order valence-corrected chi connectivity index (χ2v) is 10.1. The average Bonchev–Trinajstić information content (AvgIpc) is 3.16. The predicted molar refractivity (Wildman–Crippen MR) is 144 cm³/mol. The van der Waals surface area contributed by atoms with Crippen molar-refractivity contribution < 1.29 is 19.8 Å². The second-order valence-electron chi connectivity index (χ2n) is 9.63.